The molecule has 5 nitrogen and oxygen atoms in total. The highest BCUT2D eigenvalue weighted by Gasteiger charge is 2.08. The van der Waals surface area contributed by atoms with Crippen LogP contribution < -0.4 is 10.2 Å². The van der Waals surface area contributed by atoms with Crippen LogP contribution in [0.25, 0.3) is 0 Å². The average Bonchev–Trinajstić information content (AvgIpc) is 2.34. The number of rotatable bonds is 7. The van der Waals surface area contributed by atoms with Crippen LogP contribution in [0, 0.1) is 0 Å². The van der Waals surface area contributed by atoms with E-state index in [0.717, 1.165) is 37.7 Å². The van der Waals surface area contributed by atoms with Crippen molar-refractivity contribution in [1.29, 1.82) is 0 Å². The van der Waals surface area contributed by atoms with Crippen molar-refractivity contribution in [2.45, 2.75) is 13.3 Å². The van der Waals surface area contributed by atoms with Gasteiger partial charge in [-0.2, -0.15) is 0 Å². The molecule has 0 radical (unpaired) electrons. The van der Waals surface area contributed by atoms with Crippen LogP contribution in [0.4, 0.5) is 11.6 Å². The fourth-order valence-corrected chi connectivity index (χ4v) is 1.59. The minimum atomic E-state index is 0.862. The number of nitrogens with zero attached hydrogens (tertiary/aromatic N) is 4. The van der Waals surface area contributed by atoms with Crippen LogP contribution in [-0.2, 0) is 0 Å². The summed E-state index contributed by atoms with van der Waals surface area (Å²) in [5.41, 5.74) is 0. The van der Waals surface area contributed by atoms with E-state index in [9.17, 15) is 0 Å². The van der Waals surface area contributed by atoms with Crippen molar-refractivity contribution < 1.29 is 0 Å². The van der Waals surface area contributed by atoms with Crippen LogP contribution in [0.2, 0.25) is 0 Å². The molecule has 1 N–H and O–H groups in total. The zero-order valence-corrected chi connectivity index (χ0v) is 11.3. The van der Waals surface area contributed by atoms with Gasteiger partial charge in [-0.3, -0.25) is 0 Å². The molecule has 0 saturated carbocycles. The Hall–Kier alpha value is -1.36. The Bertz CT molecular complexity index is 326. The van der Waals surface area contributed by atoms with Gasteiger partial charge in [0.2, 0.25) is 0 Å². The molecule has 5 heteroatoms. The van der Waals surface area contributed by atoms with Gasteiger partial charge in [0.05, 0.1) is 0 Å². The third-order valence-electron chi connectivity index (χ3n) is 2.54. The highest BCUT2D eigenvalue weighted by molar-refractivity contribution is 5.48. The topological polar surface area (TPSA) is 44.3 Å². The van der Waals surface area contributed by atoms with E-state index in [1.165, 1.54) is 0 Å². The van der Waals surface area contributed by atoms with E-state index in [2.05, 4.69) is 46.1 Å². The summed E-state index contributed by atoms with van der Waals surface area (Å²) in [5.74, 6) is 1.86. The molecular weight excluding hydrogens is 214 g/mol. The van der Waals surface area contributed by atoms with Gasteiger partial charge in [-0.25, -0.2) is 9.97 Å². The summed E-state index contributed by atoms with van der Waals surface area (Å²) in [6.07, 6.45) is 2.73. The van der Waals surface area contributed by atoms with Gasteiger partial charge in [-0.15, -0.1) is 0 Å². The summed E-state index contributed by atoms with van der Waals surface area (Å²) >= 11 is 0. The Morgan fingerprint density at radius 1 is 1.18 bits per heavy atom. The minimum absolute atomic E-state index is 0.862. The minimum Gasteiger partial charge on any atom is -0.373 e. The van der Waals surface area contributed by atoms with Crippen molar-refractivity contribution in [3.05, 3.63) is 12.4 Å². The van der Waals surface area contributed by atoms with E-state index < -0.39 is 0 Å². The van der Waals surface area contributed by atoms with Crippen molar-refractivity contribution in [3.8, 4) is 0 Å². The van der Waals surface area contributed by atoms with Crippen LogP contribution >= 0.6 is 0 Å². The van der Waals surface area contributed by atoms with Gasteiger partial charge in [0.15, 0.2) is 0 Å². The van der Waals surface area contributed by atoms with Crippen LogP contribution in [0.1, 0.15) is 13.3 Å². The second-order valence-corrected chi connectivity index (χ2v) is 4.30. The molecule has 0 unspecified atom stereocenters. The molecule has 17 heavy (non-hydrogen) atoms. The molecule has 0 saturated heterocycles. The molecule has 1 aromatic heterocycles. The molecule has 0 spiro atoms. The van der Waals surface area contributed by atoms with Crippen molar-refractivity contribution in [1.82, 2.24) is 14.9 Å². The van der Waals surface area contributed by atoms with Crippen molar-refractivity contribution in [2.75, 3.05) is 51.0 Å². The van der Waals surface area contributed by atoms with E-state index in [1.807, 2.05) is 13.1 Å². The van der Waals surface area contributed by atoms with E-state index in [-0.39, 0.29) is 0 Å². The first kappa shape index (κ1) is 13.7. The second-order valence-electron chi connectivity index (χ2n) is 4.30. The number of aromatic nitrogens is 2. The molecule has 0 bridgehead atoms. The smallest absolute Gasteiger partial charge is 0.134 e. The van der Waals surface area contributed by atoms with E-state index in [0.29, 0.717) is 0 Å². The summed E-state index contributed by atoms with van der Waals surface area (Å²) in [5, 5.41) is 3.04. The maximum Gasteiger partial charge on any atom is 0.134 e. The van der Waals surface area contributed by atoms with Gasteiger partial charge in [-0.05, 0) is 20.5 Å². The third kappa shape index (κ3) is 4.56. The normalized spacial score (nSPS) is 10.6. The Labute approximate surface area is 104 Å². The summed E-state index contributed by atoms with van der Waals surface area (Å²) in [6.45, 7) is 5.22. The molecule has 1 rings (SSSR count). The summed E-state index contributed by atoms with van der Waals surface area (Å²) in [4.78, 5) is 13.0. The number of hydrogen-bond acceptors (Lipinski definition) is 5. The molecule has 1 aromatic rings. The molecular formula is C12H23N5. The van der Waals surface area contributed by atoms with Crippen LogP contribution in [0.5, 0.6) is 0 Å². The van der Waals surface area contributed by atoms with E-state index in [4.69, 9.17) is 0 Å². The van der Waals surface area contributed by atoms with Gasteiger partial charge in [0.1, 0.15) is 18.0 Å². The first-order chi connectivity index (χ1) is 8.17. The highest BCUT2D eigenvalue weighted by Crippen LogP contribution is 2.13. The Kier molecular flexibility index (Phi) is 5.69. The SMILES string of the molecule is CCCN(CCN(C)C)c1cc(NC)ncn1. The lowest BCUT2D eigenvalue weighted by Crippen LogP contribution is -2.33. The lowest BCUT2D eigenvalue weighted by Gasteiger charge is -2.25. The van der Waals surface area contributed by atoms with Gasteiger partial charge >= 0.3 is 0 Å². The monoisotopic (exact) mass is 237 g/mol. The maximum absolute atomic E-state index is 4.34. The highest BCUT2D eigenvalue weighted by atomic mass is 15.2. The molecule has 0 aliphatic heterocycles. The lowest BCUT2D eigenvalue weighted by molar-refractivity contribution is 0.412. The van der Waals surface area contributed by atoms with E-state index >= 15 is 0 Å². The first-order valence-corrected chi connectivity index (χ1v) is 6.06. The van der Waals surface area contributed by atoms with Crippen molar-refractivity contribution >= 4 is 11.6 Å². The predicted octanol–water partition coefficient (Wildman–Crippen LogP) is 1.30. The zero-order chi connectivity index (χ0) is 12.7. The van der Waals surface area contributed by atoms with Gasteiger partial charge in [-0.1, -0.05) is 6.92 Å². The molecule has 0 amide bonds. The average molecular weight is 237 g/mol. The number of nitrogens with one attached hydrogen (secondary N) is 1. The number of hydrogen-bond donors (Lipinski definition) is 1. The fraction of sp³-hybridized carbons (Fsp3) is 0.667. The first-order valence-electron chi connectivity index (χ1n) is 6.06. The summed E-state index contributed by atoms with van der Waals surface area (Å²) in [6, 6.07) is 1.99. The fourth-order valence-electron chi connectivity index (χ4n) is 1.59. The molecule has 0 aliphatic carbocycles. The summed E-state index contributed by atoms with van der Waals surface area (Å²) in [7, 11) is 6.04. The standard InChI is InChI=1S/C12H23N5/c1-5-6-17(8-7-16(3)4)12-9-11(13-2)14-10-15-12/h9-10H,5-8H2,1-4H3,(H,13,14,15). The van der Waals surface area contributed by atoms with Crippen molar-refractivity contribution in [2.24, 2.45) is 0 Å². The lowest BCUT2D eigenvalue weighted by atomic mass is 10.3. The Morgan fingerprint density at radius 2 is 1.94 bits per heavy atom. The Morgan fingerprint density at radius 3 is 2.53 bits per heavy atom. The number of anilines is 2. The second kappa shape index (κ2) is 7.06. The quantitative estimate of drug-likeness (QED) is 0.774. The van der Waals surface area contributed by atoms with Crippen LogP contribution in [0.3, 0.4) is 0 Å². The van der Waals surface area contributed by atoms with E-state index in [1.54, 1.807) is 6.33 Å². The van der Waals surface area contributed by atoms with Gasteiger partial charge in [0, 0.05) is 32.7 Å². The predicted molar refractivity (Wildman–Crippen MR) is 72.6 cm³/mol. The maximum atomic E-state index is 4.34. The number of likely N-dealkylation sites (N-methyl/N-ethyl adjacent to an activating group) is 1. The van der Waals surface area contributed by atoms with Crippen LogP contribution in [0.15, 0.2) is 12.4 Å². The molecule has 0 aromatic carbocycles. The zero-order valence-electron chi connectivity index (χ0n) is 11.3. The molecule has 96 valence electrons. The van der Waals surface area contributed by atoms with Crippen molar-refractivity contribution in [3.63, 3.8) is 0 Å². The molecule has 0 atom stereocenters. The van der Waals surface area contributed by atoms with Gasteiger partial charge in [0.25, 0.3) is 0 Å². The largest absolute Gasteiger partial charge is 0.373 e. The van der Waals surface area contributed by atoms with Crippen LogP contribution in [-0.4, -0.2) is 55.6 Å². The molecule has 1 heterocycles. The molecule has 0 aliphatic rings. The van der Waals surface area contributed by atoms with Gasteiger partial charge < -0.3 is 15.1 Å². The Balaban J connectivity index is 2.73. The molecule has 0 fully saturated rings. The summed E-state index contributed by atoms with van der Waals surface area (Å²) < 4.78 is 0. The third-order valence-corrected chi connectivity index (χ3v) is 2.54.